The van der Waals surface area contributed by atoms with E-state index in [2.05, 4.69) is 15.3 Å². The van der Waals surface area contributed by atoms with E-state index in [1.54, 1.807) is 18.1 Å². The van der Waals surface area contributed by atoms with Crippen molar-refractivity contribution in [3.8, 4) is 0 Å². The number of H-pyrrole nitrogens is 1. The molecule has 42 valence electrons. The van der Waals surface area contributed by atoms with Gasteiger partial charge in [0.1, 0.15) is 10.8 Å². The fourth-order valence-electron chi connectivity index (χ4n) is 0.694. The summed E-state index contributed by atoms with van der Waals surface area (Å²) in [6.45, 7) is 0. The second kappa shape index (κ2) is 1.42. The van der Waals surface area contributed by atoms with E-state index in [1.807, 2.05) is 0 Å². The van der Waals surface area contributed by atoms with Crippen molar-refractivity contribution in [2.45, 2.75) is 5.03 Å². The Bertz CT molecular complexity index is 176. The number of imidazole rings is 1. The predicted octanol–water partition coefficient (Wildman–Crippen LogP) is 0.885. The molecule has 0 radical (unpaired) electrons. The Kier molecular flexibility index (Phi) is 0.754. The van der Waals surface area contributed by atoms with Gasteiger partial charge < -0.3 is 10.3 Å². The molecular formula is C4H5N3S. The summed E-state index contributed by atoms with van der Waals surface area (Å²) in [5.41, 5.74) is 0. The Labute approximate surface area is 50.9 Å². The molecule has 0 aliphatic carbocycles. The second-order valence-electron chi connectivity index (χ2n) is 1.55. The topological polar surface area (TPSA) is 40.7 Å². The van der Waals surface area contributed by atoms with E-state index in [4.69, 9.17) is 0 Å². The summed E-state index contributed by atoms with van der Waals surface area (Å²) in [6.07, 6.45) is 1.70. The van der Waals surface area contributed by atoms with Gasteiger partial charge in [-0.05, 0) is 0 Å². The maximum atomic E-state index is 4.04. The zero-order valence-corrected chi connectivity index (χ0v) is 4.96. The van der Waals surface area contributed by atoms with Crippen molar-refractivity contribution < 1.29 is 0 Å². The quantitative estimate of drug-likeness (QED) is 0.543. The lowest BCUT2D eigenvalue weighted by molar-refractivity contribution is 1.21. The Morgan fingerprint density at radius 2 is 2.75 bits per heavy atom. The van der Waals surface area contributed by atoms with Crippen LogP contribution < -0.4 is 5.32 Å². The first-order chi connectivity index (χ1) is 3.97. The highest BCUT2D eigenvalue weighted by Crippen LogP contribution is 2.28. The molecule has 0 saturated heterocycles. The number of fused-ring (bicyclic) bond motifs is 1. The highest BCUT2D eigenvalue weighted by molar-refractivity contribution is 7.99. The molecule has 0 spiro atoms. The van der Waals surface area contributed by atoms with Gasteiger partial charge in [-0.2, -0.15) is 0 Å². The zero-order chi connectivity index (χ0) is 5.40. The van der Waals surface area contributed by atoms with E-state index in [9.17, 15) is 0 Å². The van der Waals surface area contributed by atoms with Gasteiger partial charge in [0.2, 0.25) is 0 Å². The van der Waals surface area contributed by atoms with Crippen LogP contribution in [0.15, 0.2) is 11.4 Å². The van der Waals surface area contributed by atoms with Crippen LogP contribution in [0.2, 0.25) is 0 Å². The third-order valence-corrected chi connectivity index (χ3v) is 1.93. The van der Waals surface area contributed by atoms with Gasteiger partial charge >= 0.3 is 0 Å². The van der Waals surface area contributed by atoms with E-state index >= 15 is 0 Å². The van der Waals surface area contributed by atoms with Crippen molar-refractivity contribution in [1.82, 2.24) is 9.97 Å². The summed E-state index contributed by atoms with van der Waals surface area (Å²) in [4.78, 5) is 7.02. The predicted molar refractivity (Wildman–Crippen MR) is 32.9 cm³/mol. The lowest BCUT2D eigenvalue weighted by Gasteiger charge is -1.84. The molecule has 0 unspecified atom stereocenters. The molecular weight excluding hydrogens is 122 g/mol. The molecule has 2 heterocycles. The molecule has 1 aliphatic heterocycles. The van der Waals surface area contributed by atoms with Crippen molar-refractivity contribution in [3.05, 3.63) is 6.33 Å². The number of aromatic amines is 1. The number of nitrogens with one attached hydrogen (secondary N) is 2. The largest absolute Gasteiger partial charge is 0.360 e. The summed E-state index contributed by atoms with van der Waals surface area (Å²) in [5.74, 6) is 2.02. The van der Waals surface area contributed by atoms with Crippen LogP contribution in [-0.2, 0) is 0 Å². The van der Waals surface area contributed by atoms with Gasteiger partial charge in [-0.25, -0.2) is 4.98 Å². The molecule has 0 aromatic carbocycles. The van der Waals surface area contributed by atoms with Crippen LogP contribution in [0.4, 0.5) is 5.82 Å². The molecule has 4 heteroatoms. The molecule has 1 aromatic heterocycles. The van der Waals surface area contributed by atoms with Crippen molar-refractivity contribution in [2.24, 2.45) is 0 Å². The highest BCUT2D eigenvalue weighted by atomic mass is 32.2. The number of hydrogen-bond donors (Lipinski definition) is 2. The van der Waals surface area contributed by atoms with Crippen LogP contribution >= 0.6 is 11.8 Å². The van der Waals surface area contributed by atoms with E-state index in [0.717, 1.165) is 16.7 Å². The number of hydrogen-bond acceptors (Lipinski definition) is 3. The molecule has 1 aliphatic rings. The fourth-order valence-corrected chi connectivity index (χ4v) is 1.45. The average molecular weight is 127 g/mol. The molecule has 8 heavy (non-hydrogen) atoms. The summed E-state index contributed by atoms with van der Waals surface area (Å²) in [5, 5.41) is 4.21. The Balaban J connectivity index is 2.54. The minimum Gasteiger partial charge on any atom is -0.360 e. The minimum absolute atomic E-state index is 0.953. The van der Waals surface area contributed by atoms with Crippen LogP contribution in [0.3, 0.4) is 0 Å². The first-order valence-corrected chi connectivity index (χ1v) is 3.35. The molecule has 3 nitrogen and oxygen atoms in total. The number of rotatable bonds is 0. The Hall–Kier alpha value is -0.640. The van der Waals surface area contributed by atoms with Crippen LogP contribution in [0, 0.1) is 0 Å². The smallest absolute Gasteiger partial charge is 0.140 e. The lowest BCUT2D eigenvalue weighted by atomic mass is 10.8. The Morgan fingerprint density at radius 1 is 1.75 bits per heavy atom. The summed E-state index contributed by atoms with van der Waals surface area (Å²) in [6, 6.07) is 0. The molecule has 1 aromatic rings. The van der Waals surface area contributed by atoms with Crippen molar-refractivity contribution in [1.29, 1.82) is 0 Å². The minimum atomic E-state index is 0.953. The van der Waals surface area contributed by atoms with Gasteiger partial charge in [-0.1, -0.05) is 11.8 Å². The fraction of sp³-hybridized carbons (Fsp3) is 0.250. The molecule has 0 fully saturated rings. The lowest BCUT2D eigenvalue weighted by Crippen LogP contribution is -1.88. The van der Waals surface area contributed by atoms with E-state index < -0.39 is 0 Å². The third-order valence-electron chi connectivity index (χ3n) is 1.06. The molecule has 0 amide bonds. The van der Waals surface area contributed by atoms with Crippen molar-refractivity contribution in [2.75, 3.05) is 11.2 Å². The van der Waals surface area contributed by atoms with E-state index in [0.29, 0.717) is 0 Å². The standard InChI is InChI=1S/C4H5N3S/c1-5-3-4(6-1)8-2-7-3/h1,7H,2H2,(H,5,6). The van der Waals surface area contributed by atoms with Gasteiger partial charge in [0, 0.05) is 0 Å². The SMILES string of the molecule is c1nc2c([nH]1)NCS2. The zero-order valence-electron chi connectivity index (χ0n) is 4.14. The van der Waals surface area contributed by atoms with Gasteiger partial charge in [-0.3, -0.25) is 0 Å². The molecule has 2 N–H and O–H groups in total. The van der Waals surface area contributed by atoms with Gasteiger partial charge in [0.25, 0.3) is 0 Å². The summed E-state index contributed by atoms with van der Waals surface area (Å²) >= 11 is 1.72. The number of anilines is 1. The van der Waals surface area contributed by atoms with Gasteiger partial charge in [0.05, 0.1) is 12.2 Å². The highest BCUT2D eigenvalue weighted by Gasteiger charge is 2.10. The average Bonchev–Trinajstić information content (AvgIpc) is 2.15. The van der Waals surface area contributed by atoms with E-state index in [1.165, 1.54) is 0 Å². The van der Waals surface area contributed by atoms with Gasteiger partial charge in [0.15, 0.2) is 0 Å². The van der Waals surface area contributed by atoms with Crippen LogP contribution in [0.5, 0.6) is 0 Å². The second-order valence-corrected chi connectivity index (χ2v) is 2.51. The van der Waals surface area contributed by atoms with Crippen LogP contribution in [-0.4, -0.2) is 15.8 Å². The molecule has 0 bridgehead atoms. The molecule has 0 atom stereocenters. The molecule has 0 saturated carbocycles. The van der Waals surface area contributed by atoms with Crippen molar-refractivity contribution >= 4 is 17.6 Å². The first kappa shape index (κ1) is 4.26. The number of nitrogens with zero attached hydrogens (tertiary/aromatic N) is 1. The summed E-state index contributed by atoms with van der Waals surface area (Å²) < 4.78 is 0. The Morgan fingerprint density at radius 3 is 3.62 bits per heavy atom. The third kappa shape index (κ3) is 0.432. The monoisotopic (exact) mass is 127 g/mol. The number of thioether (sulfide) groups is 1. The maximum Gasteiger partial charge on any atom is 0.140 e. The normalized spacial score (nSPS) is 15.5. The van der Waals surface area contributed by atoms with E-state index in [-0.39, 0.29) is 0 Å². The van der Waals surface area contributed by atoms with Crippen LogP contribution in [0.25, 0.3) is 0 Å². The summed E-state index contributed by atoms with van der Waals surface area (Å²) in [7, 11) is 0. The van der Waals surface area contributed by atoms with Crippen molar-refractivity contribution in [3.63, 3.8) is 0 Å². The number of aromatic nitrogens is 2. The van der Waals surface area contributed by atoms with Crippen LogP contribution in [0.1, 0.15) is 0 Å². The maximum absolute atomic E-state index is 4.04. The first-order valence-electron chi connectivity index (χ1n) is 2.37. The molecule has 2 rings (SSSR count). The van der Waals surface area contributed by atoms with Gasteiger partial charge in [-0.15, -0.1) is 0 Å².